The van der Waals surface area contributed by atoms with Gasteiger partial charge in [0.2, 0.25) is 0 Å². The van der Waals surface area contributed by atoms with E-state index < -0.39 is 0 Å². The normalized spacial score (nSPS) is 13.4. The summed E-state index contributed by atoms with van der Waals surface area (Å²) >= 11 is 7.39. The Labute approximate surface area is 269 Å². The Morgan fingerprint density at radius 2 is 0.953 bits per heavy atom. The molecule has 0 bridgehead atoms. The molecule has 1 unspecified atom stereocenters. The zero-order valence-electron chi connectivity index (χ0n) is 25.2. The zero-order valence-corrected chi connectivity index (χ0v) is 28.4. The maximum Gasteiger partial charge on any atom is 0.123 e. The highest BCUT2D eigenvalue weighted by Gasteiger charge is 2.30. The molecule has 0 radical (unpaired) electrons. The van der Waals surface area contributed by atoms with Crippen LogP contribution in [0.5, 0.6) is 0 Å². The molecule has 6 heteroatoms. The molecule has 43 heavy (non-hydrogen) atoms. The van der Waals surface area contributed by atoms with E-state index in [9.17, 15) is 8.78 Å². The van der Waals surface area contributed by atoms with E-state index in [1.807, 2.05) is 69.6 Å². The Morgan fingerprint density at radius 3 is 1.44 bits per heavy atom. The molecule has 2 aromatic carbocycles. The van der Waals surface area contributed by atoms with Crippen LogP contribution in [0.4, 0.5) is 8.78 Å². The molecule has 0 amide bonds. The molecule has 0 aliphatic rings. The Balaban J connectivity index is 1.27. The largest absolute Gasteiger partial charge is 0.207 e. The second-order valence-corrected chi connectivity index (χ2v) is 16.2. The number of hydrogen-bond donors (Lipinski definition) is 0. The molecule has 0 fully saturated rings. The van der Waals surface area contributed by atoms with E-state index in [4.69, 9.17) is 0 Å². The van der Waals surface area contributed by atoms with E-state index in [-0.39, 0.29) is 22.5 Å². The van der Waals surface area contributed by atoms with Crippen LogP contribution in [0, 0.1) is 25.5 Å². The maximum atomic E-state index is 13.6. The van der Waals surface area contributed by atoms with Crippen LogP contribution >= 0.6 is 45.3 Å². The number of benzene rings is 2. The van der Waals surface area contributed by atoms with Gasteiger partial charge in [-0.15, -0.1) is 45.3 Å². The highest BCUT2D eigenvalue weighted by atomic mass is 32.1. The van der Waals surface area contributed by atoms with Gasteiger partial charge in [0.1, 0.15) is 11.6 Å². The van der Waals surface area contributed by atoms with E-state index in [1.54, 1.807) is 24.3 Å². The lowest BCUT2D eigenvalue weighted by atomic mass is 9.78. The Kier molecular flexibility index (Phi) is 8.10. The quantitative estimate of drug-likeness (QED) is 0.155. The molecule has 1 atom stereocenters. The van der Waals surface area contributed by atoms with Gasteiger partial charge in [-0.3, -0.25) is 0 Å². The minimum absolute atomic E-state index is 0.160. The van der Waals surface area contributed by atoms with Crippen LogP contribution in [-0.4, -0.2) is 0 Å². The zero-order chi connectivity index (χ0) is 30.5. The van der Waals surface area contributed by atoms with Crippen molar-refractivity contribution in [3.8, 4) is 29.3 Å². The standard InChI is InChI=1S/C37H34F2S4/c1-7-37(6,25-10-14-27(39)15-11-25)33-21-23(3)35(43-33)31-19-17-29(41-31)28-16-18-30(40-28)34-22(2)20-32(42-34)36(4,5)24-8-12-26(38)13-9-24/h8-21H,7H2,1-6H3. The summed E-state index contributed by atoms with van der Waals surface area (Å²) in [6.07, 6.45) is 0.941. The average Bonchev–Trinajstić information content (AvgIpc) is 3.79. The molecule has 0 aliphatic carbocycles. The Hall–Kier alpha value is -2.90. The predicted molar refractivity (Wildman–Crippen MR) is 185 cm³/mol. The van der Waals surface area contributed by atoms with Crippen molar-refractivity contribution in [2.24, 2.45) is 0 Å². The minimum atomic E-state index is -0.204. The second-order valence-electron chi connectivity index (χ2n) is 11.9. The smallest absolute Gasteiger partial charge is 0.123 e. The average molecular weight is 645 g/mol. The topological polar surface area (TPSA) is 0 Å². The van der Waals surface area contributed by atoms with Crippen LogP contribution in [-0.2, 0) is 10.8 Å². The van der Waals surface area contributed by atoms with Gasteiger partial charge in [0.15, 0.2) is 0 Å². The Morgan fingerprint density at radius 1 is 0.535 bits per heavy atom. The lowest BCUT2D eigenvalue weighted by Gasteiger charge is -2.28. The van der Waals surface area contributed by atoms with Crippen LogP contribution in [0.3, 0.4) is 0 Å². The van der Waals surface area contributed by atoms with Crippen LogP contribution in [0.1, 0.15) is 66.1 Å². The number of rotatable bonds is 8. The first-order valence-corrected chi connectivity index (χ1v) is 17.7. The summed E-state index contributed by atoms with van der Waals surface area (Å²) in [5.41, 5.74) is 4.46. The van der Waals surface area contributed by atoms with Gasteiger partial charge < -0.3 is 0 Å². The molecule has 4 aromatic heterocycles. The van der Waals surface area contributed by atoms with Gasteiger partial charge in [-0.25, -0.2) is 8.78 Å². The van der Waals surface area contributed by atoms with Crippen molar-refractivity contribution >= 4 is 45.3 Å². The maximum absolute atomic E-state index is 13.6. The third-order valence-corrected chi connectivity index (χ3v) is 14.4. The van der Waals surface area contributed by atoms with E-state index >= 15 is 0 Å². The van der Waals surface area contributed by atoms with Crippen molar-refractivity contribution in [1.29, 1.82) is 0 Å². The van der Waals surface area contributed by atoms with Crippen molar-refractivity contribution in [3.63, 3.8) is 0 Å². The highest BCUT2D eigenvalue weighted by Crippen LogP contribution is 2.48. The molecule has 220 valence electrons. The summed E-state index contributed by atoms with van der Waals surface area (Å²) in [6.45, 7) is 13.3. The van der Waals surface area contributed by atoms with Crippen LogP contribution in [0.2, 0.25) is 0 Å². The number of halogens is 2. The van der Waals surface area contributed by atoms with Crippen LogP contribution in [0.25, 0.3) is 29.3 Å². The fourth-order valence-electron chi connectivity index (χ4n) is 5.57. The first-order chi connectivity index (χ1) is 20.5. The van der Waals surface area contributed by atoms with E-state index in [0.29, 0.717) is 0 Å². The predicted octanol–water partition coefficient (Wildman–Crippen LogP) is 12.9. The summed E-state index contributed by atoms with van der Waals surface area (Å²) in [7, 11) is 0. The van der Waals surface area contributed by atoms with Crippen molar-refractivity contribution in [2.75, 3.05) is 0 Å². The molecule has 4 heterocycles. The van der Waals surface area contributed by atoms with E-state index in [1.165, 1.54) is 50.1 Å². The van der Waals surface area contributed by atoms with Gasteiger partial charge in [0, 0.05) is 49.8 Å². The number of aryl methyl sites for hydroxylation is 2. The van der Waals surface area contributed by atoms with Gasteiger partial charge >= 0.3 is 0 Å². The molecular weight excluding hydrogens is 611 g/mol. The van der Waals surface area contributed by atoms with Gasteiger partial charge in [-0.1, -0.05) is 52.0 Å². The molecule has 6 rings (SSSR count). The summed E-state index contributed by atoms with van der Waals surface area (Å²) in [5, 5.41) is 0. The monoisotopic (exact) mass is 644 g/mol. The highest BCUT2D eigenvalue weighted by molar-refractivity contribution is 7.28. The third kappa shape index (κ3) is 5.59. The molecule has 0 N–H and O–H groups in total. The summed E-state index contributed by atoms with van der Waals surface area (Å²) < 4.78 is 27.2. The van der Waals surface area contributed by atoms with Crippen molar-refractivity contribution in [1.82, 2.24) is 0 Å². The molecule has 6 aromatic rings. The first-order valence-electron chi connectivity index (χ1n) is 14.4. The molecule has 0 spiro atoms. The van der Waals surface area contributed by atoms with Crippen molar-refractivity contribution < 1.29 is 8.78 Å². The SMILES string of the molecule is CCC(C)(c1ccc(F)cc1)c1cc(C)c(-c2ccc(-c3ccc(-c4sc(C(C)(C)c5ccc(F)cc5)cc4C)s3)s2)s1. The molecule has 0 aliphatic heterocycles. The van der Waals surface area contributed by atoms with E-state index in [2.05, 4.69) is 77.9 Å². The fourth-order valence-corrected chi connectivity index (χ4v) is 10.7. The first kappa shape index (κ1) is 30.1. The van der Waals surface area contributed by atoms with Gasteiger partial charge in [-0.2, -0.15) is 0 Å². The van der Waals surface area contributed by atoms with Crippen molar-refractivity contribution in [3.05, 3.63) is 129 Å². The third-order valence-electron chi connectivity index (χ3n) is 8.65. The minimum Gasteiger partial charge on any atom is -0.207 e. The molecule has 0 saturated carbocycles. The second kappa shape index (κ2) is 11.6. The van der Waals surface area contributed by atoms with E-state index in [0.717, 1.165) is 17.5 Å². The van der Waals surface area contributed by atoms with Gasteiger partial charge in [-0.05, 0) is 103 Å². The van der Waals surface area contributed by atoms with Crippen LogP contribution in [0.15, 0.2) is 84.9 Å². The van der Waals surface area contributed by atoms with Gasteiger partial charge in [0.25, 0.3) is 0 Å². The molecular formula is C37H34F2S4. The number of thiophene rings is 4. The fraction of sp³-hybridized carbons (Fsp3) is 0.243. The number of hydrogen-bond acceptors (Lipinski definition) is 4. The molecule has 0 nitrogen and oxygen atoms in total. The van der Waals surface area contributed by atoms with Gasteiger partial charge in [0.05, 0.1) is 0 Å². The molecule has 0 saturated heterocycles. The van der Waals surface area contributed by atoms with Crippen molar-refractivity contribution in [2.45, 2.75) is 58.8 Å². The lowest BCUT2D eigenvalue weighted by Crippen LogP contribution is -2.21. The summed E-state index contributed by atoms with van der Waals surface area (Å²) in [4.78, 5) is 10.3. The van der Waals surface area contributed by atoms with Crippen LogP contribution < -0.4 is 0 Å². The summed E-state index contributed by atoms with van der Waals surface area (Å²) in [6, 6.07) is 27.5. The Bertz CT molecular complexity index is 1880. The summed E-state index contributed by atoms with van der Waals surface area (Å²) in [5.74, 6) is -0.402. The lowest BCUT2D eigenvalue weighted by molar-refractivity contribution is 0.557.